The molecule has 0 aliphatic carbocycles. The van der Waals surface area contributed by atoms with Gasteiger partial charge in [0.2, 0.25) is 5.13 Å². The van der Waals surface area contributed by atoms with Crippen LogP contribution in [-0.4, -0.2) is 35.6 Å². The molecule has 2 aromatic heterocycles. The van der Waals surface area contributed by atoms with Crippen molar-refractivity contribution in [1.82, 2.24) is 9.88 Å². The summed E-state index contributed by atoms with van der Waals surface area (Å²) in [5, 5.41) is 8.56. The zero-order valence-corrected chi connectivity index (χ0v) is 14.8. The van der Waals surface area contributed by atoms with Crippen LogP contribution in [0.4, 0.5) is 5.13 Å². The first-order chi connectivity index (χ1) is 11.6. The normalized spacial score (nSPS) is 16.2. The minimum Gasteiger partial charge on any atom is -0.383 e. The smallest absolute Gasteiger partial charge is 0.284 e. The lowest BCUT2D eigenvalue weighted by molar-refractivity contribution is -0.114. The van der Waals surface area contributed by atoms with Crippen LogP contribution < -0.4 is 5.01 Å². The second kappa shape index (κ2) is 5.85. The molecule has 1 aliphatic rings. The van der Waals surface area contributed by atoms with Crippen molar-refractivity contribution in [2.75, 3.05) is 19.1 Å². The molecule has 0 N–H and O–H groups in total. The van der Waals surface area contributed by atoms with Gasteiger partial charge < -0.3 is 4.90 Å². The Morgan fingerprint density at radius 2 is 2.00 bits per heavy atom. The number of benzene rings is 1. The molecule has 3 aromatic rings. The van der Waals surface area contributed by atoms with Crippen LogP contribution in [0.1, 0.15) is 4.88 Å². The van der Waals surface area contributed by atoms with Crippen LogP contribution in [-0.2, 0) is 4.79 Å². The minimum atomic E-state index is -0.147. The van der Waals surface area contributed by atoms with Gasteiger partial charge in [0.1, 0.15) is 5.71 Å². The number of amides is 1. The first-order valence-corrected chi connectivity index (χ1v) is 9.04. The van der Waals surface area contributed by atoms with E-state index in [1.54, 1.807) is 11.3 Å². The van der Waals surface area contributed by atoms with Crippen LogP contribution in [0.2, 0.25) is 0 Å². The van der Waals surface area contributed by atoms with Crippen molar-refractivity contribution in [3.8, 4) is 0 Å². The molecule has 5 nitrogen and oxygen atoms in total. The van der Waals surface area contributed by atoms with Gasteiger partial charge in [-0.1, -0.05) is 29.5 Å². The number of hydrogen-bond donors (Lipinski definition) is 0. The molecule has 0 atom stereocenters. The summed E-state index contributed by atoms with van der Waals surface area (Å²) in [6.07, 6.45) is 1.81. The summed E-state index contributed by atoms with van der Waals surface area (Å²) in [5.41, 5.74) is 2.16. The standard InChI is InChI=1S/C17H14N4OS2/c1-20(2)10-11-15(14-8-5-9-23-14)19-21(16(11)22)17-18-12-6-3-4-7-13(12)24-17/h3-10H,1-2H3/b11-10+. The average Bonchev–Trinajstić information content (AvgIpc) is 3.26. The van der Waals surface area contributed by atoms with E-state index in [0.717, 1.165) is 15.1 Å². The Balaban J connectivity index is 1.82. The Morgan fingerprint density at radius 3 is 2.71 bits per heavy atom. The minimum absolute atomic E-state index is 0.147. The third-order valence-corrected chi connectivity index (χ3v) is 5.37. The van der Waals surface area contributed by atoms with Gasteiger partial charge in [-0.25, -0.2) is 4.98 Å². The molecule has 1 aromatic carbocycles. The number of carbonyl (C=O) groups is 1. The Morgan fingerprint density at radius 1 is 1.17 bits per heavy atom. The lowest BCUT2D eigenvalue weighted by Crippen LogP contribution is -2.22. The summed E-state index contributed by atoms with van der Waals surface area (Å²) in [5.74, 6) is -0.147. The number of rotatable bonds is 3. The molecule has 0 spiro atoms. The fourth-order valence-corrected chi connectivity index (χ4v) is 4.10. The summed E-state index contributed by atoms with van der Waals surface area (Å²) >= 11 is 3.04. The molecule has 0 radical (unpaired) electrons. The highest BCUT2D eigenvalue weighted by Gasteiger charge is 2.34. The van der Waals surface area contributed by atoms with Crippen LogP contribution in [0.3, 0.4) is 0 Å². The van der Waals surface area contributed by atoms with Crippen LogP contribution in [0, 0.1) is 0 Å². The molecular formula is C17H14N4OS2. The molecule has 7 heteroatoms. The number of hydrazone groups is 1. The summed E-state index contributed by atoms with van der Waals surface area (Å²) < 4.78 is 1.04. The molecule has 0 fully saturated rings. The largest absolute Gasteiger partial charge is 0.383 e. The van der Waals surface area contributed by atoms with Crippen LogP contribution >= 0.6 is 22.7 Å². The van der Waals surface area contributed by atoms with E-state index in [9.17, 15) is 4.79 Å². The van der Waals surface area contributed by atoms with Crippen LogP contribution in [0.5, 0.6) is 0 Å². The maximum absolute atomic E-state index is 12.9. The van der Waals surface area contributed by atoms with Gasteiger partial charge in [-0.05, 0) is 23.6 Å². The number of hydrogen-bond acceptors (Lipinski definition) is 6. The third-order valence-electron chi connectivity index (χ3n) is 3.48. The van der Waals surface area contributed by atoms with E-state index in [0.29, 0.717) is 16.4 Å². The monoisotopic (exact) mass is 354 g/mol. The second-order valence-corrected chi connectivity index (χ2v) is 7.47. The lowest BCUT2D eigenvalue weighted by atomic mass is 10.1. The van der Waals surface area contributed by atoms with E-state index in [2.05, 4.69) is 10.1 Å². The fraction of sp³-hybridized carbons (Fsp3) is 0.118. The van der Waals surface area contributed by atoms with Gasteiger partial charge in [0.25, 0.3) is 5.91 Å². The van der Waals surface area contributed by atoms with Gasteiger partial charge in [-0.2, -0.15) is 10.1 Å². The quantitative estimate of drug-likeness (QED) is 0.676. The summed E-state index contributed by atoms with van der Waals surface area (Å²) in [6.45, 7) is 0. The van der Waals surface area contributed by atoms with Crippen molar-refractivity contribution >= 4 is 49.6 Å². The van der Waals surface area contributed by atoms with E-state index in [1.807, 2.05) is 67.0 Å². The molecule has 0 saturated carbocycles. The highest BCUT2D eigenvalue weighted by Crippen LogP contribution is 2.33. The van der Waals surface area contributed by atoms with E-state index in [1.165, 1.54) is 16.3 Å². The predicted octanol–water partition coefficient (Wildman–Crippen LogP) is 3.55. The number of fused-ring (bicyclic) bond motifs is 1. The maximum Gasteiger partial charge on any atom is 0.284 e. The molecule has 3 heterocycles. The van der Waals surface area contributed by atoms with Gasteiger partial charge in [-0.3, -0.25) is 4.79 Å². The summed E-state index contributed by atoms with van der Waals surface area (Å²) in [7, 11) is 3.79. The molecule has 1 amide bonds. The Kier molecular flexibility index (Phi) is 3.66. The molecule has 120 valence electrons. The van der Waals surface area contributed by atoms with E-state index in [4.69, 9.17) is 0 Å². The highest BCUT2D eigenvalue weighted by molar-refractivity contribution is 7.22. The van der Waals surface area contributed by atoms with Crippen LogP contribution in [0.25, 0.3) is 10.2 Å². The number of aromatic nitrogens is 1. The number of thiazole rings is 1. The third kappa shape index (κ3) is 2.51. The van der Waals surface area contributed by atoms with Crippen molar-refractivity contribution in [2.45, 2.75) is 0 Å². The first-order valence-electron chi connectivity index (χ1n) is 7.34. The molecule has 0 bridgehead atoms. The van der Waals surface area contributed by atoms with Crippen molar-refractivity contribution < 1.29 is 4.79 Å². The van der Waals surface area contributed by atoms with Crippen molar-refractivity contribution in [3.63, 3.8) is 0 Å². The second-order valence-electron chi connectivity index (χ2n) is 5.51. The highest BCUT2D eigenvalue weighted by atomic mass is 32.1. The zero-order chi connectivity index (χ0) is 16.7. The van der Waals surface area contributed by atoms with Crippen molar-refractivity contribution in [2.24, 2.45) is 5.10 Å². The maximum atomic E-state index is 12.9. The Hall–Kier alpha value is -2.51. The number of thiophene rings is 1. The van der Waals surface area contributed by atoms with Gasteiger partial charge in [0.05, 0.1) is 20.7 Å². The van der Waals surface area contributed by atoms with E-state index >= 15 is 0 Å². The van der Waals surface area contributed by atoms with Crippen molar-refractivity contribution in [3.05, 3.63) is 58.4 Å². The molecule has 1 aliphatic heterocycles. The summed E-state index contributed by atoms with van der Waals surface area (Å²) in [6, 6.07) is 11.8. The van der Waals surface area contributed by atoms with Gasteiger partial charge in [0, 0.05) is 20.3 Å². The summed E-state index contributed by atoms with van der Waals surface area (Å²) in [4.78, 5) is 20.3. The fourth-order valence-electron chi connectivity index (χ4n) is 2.46. The lowest BCUT2D eigenvalue weighted by Gasteiger charge is -2.08. The average molecular weight is 354 g/mol. The molecule has 0 saturated heterocycles. The zero-order valence-electron chi connectivity index (χ0n) is 13.1. The molecule has 0 unspecified atom stereocenters. The van der Waals surface area contributed by atoms with E-state index < -0.39 is 0 Å². The van der Waals surface area contributed by atoms with Gasteiger partial charge in [0.15, 0.2) is 0 Å². The SMILES string of the molecule is CN(C)/C=C1/C(=O)N(c2nc3ccccc3s2)N=C1c1cccs1. The number of nitrogens with zero attached hydrogens (tertiary/aromatic N) is 4. The Bertz CT molecular complexity index is 937. The number of anilines is 1. The first kappa shape index (κ1) is 15.0. The van der Waals surface area contributed by atoms with E-state index in [-0.39, 0.29) is 5.91 Å². The number of para-hydroxylation sites is 1. The predicted molar refractivity (Wildman–Crippen MR) is 99.7 cm³/mol. The van der Waals surface area contributed by atoms with Crippen LogP contribution in [0.15, 0.2) is 58.7 Å². The Labute approximate surface area is 147 Å². The molecular weight excluding hydrogens is 340 g/mol. The van der Waals surface area contributed by atoms with Gasteiger partial charge >= 0.3 is 0 Å². The molecule has 4 rings (SSSR count). The van der Waals surface area contributed by atoms with Gasteiger partial charge in [-0.15, -0.1) is 11.3 Å². The topological polar surface area (TPSA) is 48.8 Å². The van der Waals surface area contributed by atoms with Crippen molar-refractivity contribution in [1.29, 1.82) is 0 Å². The molecule has 24 heavy (non-hydrogen) atoms. The number of carbonyl (C=O) groups excluding carboxylic acids is 1.